The summed E-state index contributed by atoms with van der Waals surface area (Å²) in [6.07, 6.45) is -0.786. The maximum atomic E-state index is 13.1. The van der Waals surface area contributed by atoms with E-state index in [1.165, 1.54) is 19.3 Å². The van der Waals surface area contributed by atoms with Crippen molar-refractivity contribution < 1.29 is 22.7 Å². The lowest BCUT2D eigenvalue weighted by Gasteiger charge is -2.07. The van der Waals surface area contributed by atoms with Gasteiger partial charge in [-0.25, -0.2) is 9.50 Å². The Hall–Kier alpha value is -3.16. The molecule has 0 aliphatic rings. The molecule has 0 radical (unpaired) electrons. The second-order valence-corrected chi connectivity index (χ2v) is 5.96. The van der Waals surface area contributed by atoms with E-state index < -0.39 is 11.9 Å². The normalized spacial score (nSPS) is 12.1. The fraction of sp³-hybridized carbons (Fsp3) is 0.211. The number of carbonyl (C=O) groups is 1. The predicted octanol–water partition coefficient (Wildman–Crippen LogP) is 4.27. The Morgan fingerprint density at radius 2 is 1.96 bits per heavy atom. The van der Waals surface area contributed by atoms with Gasteiger partial charge >= 0.3 is 6.18 Å². The van der Waals surface area contributed by atoms with Crippen LogP contribution in [0.25, 0.3) is 11.7 Å². The van der Waals surface area contributed by atoms with Gasteiger partial charge in [-0.15, -0.1) is 0 Å². The number of allylic oxidation sites excluding steroid dienone is 1. The van der Waals surface area contributed by atoms with Crippen molar-refractivity contribution in [3.8, 4) is 5.75 Å². The van der Waals surface area contributed by atoms with Crippen molar-refractivity contribution in [2.24, 2.45) is 0 Å². The standard InChI is InChI=1S/C19H16F3N3O2/c1-11-4-7-16(27-3)14(10-11)15(26)6-5-13-12(2)24-25-17(19(20,21)22)8-9-23-18(13)25/h4-10H,1-3H3. The number of ether oxygens (including phenoxy) is 1. The highest BCUT2D eigenvalue weighted by molar-refractivity contribution is 6.09. The van der Waals surface area contributed by atoms with Gasteiger partial charge in [-0.3, -0.25) is 4.79 Å². The van der Waals surface area contributed by atoms with Crippen molar-refractivity contribution >= 4 is 17.5 Å². The van der Waals surface area contributed by atoms with Gasteiger partial charge in [0.2, 0.25) is 0 Å². The SMILES string of the molecule is COc1ccc(C)cc1C(=O)C=Cc1c(C)nn2c(C(F)(F)F)ccnc12. The molecule has 140 valence electrons. The number of benzene rings is 1. The Kier molecular flexibility index (Phi) is 4.73. The first-order chi connectivity index (χ1) is 12.7. The Morgan fingerprint density at radius 3 is 2.63 bits per heavy atom. The number of ketones is 1. The fourth-order valence-electron chi connectivity index (χ4n) is 2.74. The number of methoxy groups -OCH3 is 1. The van der Waals surface area contributed by atoms with Gasteiger partial charge in [0.25, 0.3) is 0 Å². The molecule has 0 spiro atoms. The van der Waals surface area contributed by atoms with Crippen LogP contribution in [0, 0.1) is 13.8 Å². The summed E-state index contributed by atoms with van der Waals surface area (Å²) in [5.41, 5.74) is 1.04. The molecule has 0 saturated carbocycles. The average molecular weight is 375 g/mol. The molecule has 2 aromatic heterocycles. The molecule has 3 aromatic rings. The summed E-state index contributed by atoms with van der Waals surface area (Å²) < 4.78 is 45.4. The Bertz CT molecular complexity index is 1050. The molecule has 2 heterocycles. The molecular formula is C19H16F3N3O2. The van der Waals surface area contributed by atoms with Gasteiger partial charge in [0.1, 0.15) is 11.4 Å². The monoisotopic (exact) mass is 375 g/mol. The largest absolute Gasteiger partial charge is 0.496 e. The van der Waals surface area contributed by atoms with Crippen molar-refractivity contribution in [3.63, 3.8) is 0 Å². The van der Waals surface area contributed by atoms with Gasteiger partial charge in [0.15, 0.2) is 11.4 Å². The summed E-state index contributed by atoms with van der Waals surface area (Å²) in [6.45, 7) is 3.41. The van der Waals surface area contributed by atoms with Crippen LogP contribution >= 0.6 is 0 Å². The Balaban J connectivity index is 2.04. The minimum absolute atomic E-state index is 0.0302. The molecule has 0 aliphatic heterocycles. The maximum absolute atomic E-state index is 13.1. The number of rotatable bonds is 4. The highest BCUT2D eigenvalue weighted by atomic mass is 19.4. The average Bonchev–Trinajstić information content (AvgIpc) is 2.93. The third-order valence-corrected chi connectivity index (χ3v) is 4.05. The maximum Gasteiger partial charge on any atom is 0.433 e. The van der Waals surface area contributed by atoms with E-state index in [2.05, 4.69) is 10.1 Å². The zero-order chi connectivity index (χ0) is 19.8. The van der Waals surface area contributed by atoms with Gasteiger partial charge in [-0.2, -0.15) is 18.3 Å². The highest BCUT2D eigenvalue weighted by Crippen LogP contribution is 2.30. The summed E-state index contributed by atoms with van der Waals surface area (Å²) in [5, 5.41) is 3.92. The van der Waals surface area contributed by atoms with Crippen LogP contribution in [0.15, 0.2) is 36.5 Å². The Morgan fingerprint density at radius 1 is 1.22 bits per heavy atom. The summed E-state index contributed by atoms with van der Waals surface area (Å²) in [4.78, 5) is 16.5. The molecule has 0 bridgehead atoms. The van der Waals surface area contributed by atoms with Crippen LogP contribution in [-0.2, 0) is 6.18 Å². The van der Waals surface area contributed by atoms with Crippen molar-refractivity contribution in [1.29, 1.82) is 0 Å². The first-order valence-corrected chi connectivity index (χ1v) is 8.01. The van der Waals surface area contributed by atoms with E-state index in [4.69, 9.17) is 4.74 Å². The van der Waals surface area contributed by atoms with Crippen LogP contribution in [0.3, 0.4) is 0 Å². The number of alkyl halides is 3. The summed E-state index contributed by atoms with van der Waals surface area (Å²) >= 11 is 0. The lowest BCUT2D eigenvalue weighted by Crippen LogP contribution is -2.12. The number of aromatic nitrogens is 3. The van der Waals surface area contributed by atoms with Gasteiger partial charge in [0.05, 0.1) is 18.4 Å². The molecule has 0 amide bonds. The molecule has 3 rings (SSSR count). The molecule has 0 fully saturated rings. The van der Waals surface area contributed by atoms with Gasteiger partial charge in [0, 0.05) is 11.8 Å². The third kappa shape index (κ3) is 3.55. The van der Waals surface area contributed by atoms with Crippen LogP contribution in [0.4, 0.5) is 13.2 Å². The molecular weight excluding hydrogens is 359 g/mol. The van der Waals surface area contributed by atoms with E-state index in [0.29, 0.717) is 22.6 Å². The van der Waals surface area contributed by atoms with Crippen LogP contribution in [-0.4, -0.2) is 27.5 Å². The fourth-order valence-corrected chi connectivity index (χ4v) is 2.74. The lowest BCUT2D eigenvalue weighted by molar-refractivity contribution is -0.142. The van der Waals surface area contributed by atoms with Crippen LogP contribution in [0.5, 0.6) is 5.75 Å². The molecule has 0 atom stereocenters. The Labute approximate surface area is 153 Å². The van der Waals surface area contributed by atoms with Crippen LogP contribution < -0.4 is 4.74 Å². The molecule has 0 aliphatic carbocycles. The number of aryl methyl sites for hydroxylation is 2. The summed E-state index contributed by atoms with van der Waals surface area (Å²) in [7, 11) is 1.46. The van der Waals surface area contributed by atoms with Crippen LogP contribution in [0.2, 0.25) is 0 Å². The molecule has 1 aromatic carbocycles. The van der Waals surface area contributed by atoms with Crippen molar-refractivity contribution in [1.82, 2.24) is 14.6 Å². The number of halogens is 3. The molecule has 8 heteroatoms. The third-order valence-electron chi connectivity index (χ3n) is 4.05. The quantitative estimate of drug-likeness (QED) is 0.505. The van der Waals surface area contributed by atoms with Crippen molar-refractivity contribution in [2.45, 2.75) is 20.0 Å². The van der Waals surface area contributed by atoms with E-state index >= 15 is 0 Å². The van der Waals surface area contributed by atoms with Gasteiger partial charge < -0.3 is 4.74 Å². The summed E-state index contributed by atoms with van der Waals surface area (Å²) in [5.74, 6) is 0.0885. The summed E-state index contributed by atoms with van der Waals surface area (Å²) in [6, 6.07) is 6.05. The van der Waals surface area contributed by atoms with Crippen LogP contribution in [0.1, 0.15) is 32.9 Å². The van der Waals surface area contributed by atoms with E-state index in [9.17, 15) is 18.0 Å². The van der Waals surface area contributed by atoms with E-state index in [0.717, 1.165) is 22.3 Å². The highest BCUT2D eigenvalue weighted by Gasteiger charge is 2.34. The topological polar surface area (TPSA) is 56.5 Å². The van der Waals surface area contributed by atoms with Gasteiger partial charge in [-0.05, 0) is 44.2 Å². The molecule has 0 N–H and O–H groups in total. The first-order valence-electron chi connectivity index (χ1n) is 8.01. The first kappa shape index (κ1) is 18.6. The van der Waals surface area contributed by atoms with Crippen molar-refractivity contribution in [3.05, 3.63) is 64.6 Å². The number of carbonyl (C=O) groups excluding carboxylic acids is 1. The second-order valence-electron chi connectivity index (χ2n) is 5.96. The van der Waals surface area contributed by atoms with E-state index in [-0.39, 0.29) is 11.4 Å². The zero-order valence-corrected chi connectivity index (χ0v) is 14.8. The van der Waals surface area contributed by atoms with E-state index in [1.54, 1.807) is 19.1 Å². The zero-order valence-electron chi connectivity index (χ0n) is 14.8. The molecule has 5 nitrogen and oxygen atoms in total. The van der Waals surface area contributed by atoms with E-state index in [1.807, 2.05) is 13.0 Å². The molecule has 0 unspecified atom stereocenters. The minimum atomic E-state index is -4.56. The van der Waals surface area contributed by atoms with Gasteiger partial charge in [-0.1, -0.05) is 11.6 Å². The number of hydrogen-bond donors (Lipinski definition) is 0. The number of fused-ring (bicyclic) bond motifs is 1. The molecule has 0 saturated heterocycles. The predicted molar refractivity (Wildman–Crippen MR) is 93.8 cm³/mol. The molecule has 27 heavy (non-hydrogen) atoms. The van der Waals surface area contributed by atoms with Crippen molar-refractivity contribution in [2.75, 3.05) is 7.11 Å². The number of nitrogens with zero attached hydrogens (tertiary/aromatic N) is 3. The second kappa shape index (κ2) is 6.86. The smallest absolute Gasteiger partial charge is 0.433 e. The minimum Gasteiger partial charge on any atom is -0.496 e. The number of hydrogen-bond acceptors (Lipinski definition) is 4. The lowest BCUT2D eigenvalue weighted by atomic mass is 10.1.